The summed E-state index contributed by atoms with van der Waals surface area (Å²) in [5, 5.41) is 13.3. The van der Waals surface area contributed by atoms with Gasteiger partial charge in [0.2, 0.25) is 0 Å². The third-order valence-electron chi connectivity index (χ3n) is 5.14. The van der Waals surface area contributed by atoms with Crippen LogP contribution < -0.4 is 10.1 Å². The van der Waals surface area contributed by atoms with E-state index in [1.165, 1.54) is 11.3 Å². The lowest BCUT2D eigenvalue weighted by Crippen LogP contribution is -2.28. The Bertz CT molecular complexity index is 1130. The number of nitrogens with one attached hydrogen (secondary N) is 1. The lowest BCUT2D eigenvalue weighted by molar-refractivity contribution is -0.150. The molecule has 8 heteroatoms. The second-order valence-electron chi connectivity index (χ2n) is 8.39. The van der Waals surface area contributed by atoms with Crippen LogP contribution in [0.5, 0.6) is 5.75 Å². The molecule has 0 aliphatic heterocycles. The average Bonchev–Trinajstić information content (AvgIpc) is 3.22. The fourth-order valence-corrected chi connectivity index (χ4v) is 4.39. The third kappa shape index (κ3) is 6.65. The Hall–Kier alpha value is -3.23. The van der Waals surface area contributed by atoms with Crippen LogP contribution in [-0.4, -0.2) is 41.8 Å². The predicted molar refractivity (Wildman–Crippen MR) is 132 cm³/mol. The summed E-state index contributed by atoms with van der Waals surface area (Å²) < 4.78 is 11.0. The largest absolute Gasteiger partial charge is 0.496 e. The van der Waals surface area contributed by atoms with Crippen molar-refractivity contribution in [3.63, 3.8) is 0 Å². The van der Waals surface area contributed by atoms with Crippen LogP contribution in [0.3, 0.4) is 0 Å². The van der Waals surface area contributed by atoms with Gasteiger partial charge in [-0.2, -0.15) is 0 Å². The molecule has 7 nitrogen and oxygen atoms in total. The van der Waals surface area contributed by atoms with Crippen LogP contribution in [0.2, 0.25) is 0 Å². The van der Waals surface area contributed by atoms with E-state index in [2.05, 4.69) is 10.3 Å². The van der Waals surface area contributed by atoms with Gasteiger partial charge in [0.1, 0.15) is 15.6 Å². The molecule has 1 unspecified atom stereocenters. The van der Waals surface area contributed by atoms with Gasteiger partial charge in [-0.25, -0.2) is 9.78 Å². The quantitative estimate of drug-likeness (QED) is 0.410. The fraction of sp³-hybridized carbons (Fsp3) is 0.346. The first-order valence-corrected chi connectivity index (χ1v) is 11.9. The number of aryl methyl sites for hydroxylation is 1. The van der Waals surface area contributed by atoms with Gasteiger partial charge in [-0.1, -0.05) is 56.3 Å². The van der Waals surface area contributed by atoms with Crippen LogP contribution in [0.1, 0.15) is 40.3 Å². The SMILES string of the molecule is COc1ccc(CC(OCC(C)C)C(=O)O)cc1CNC(=O)c1sc(-c2ccccc2)nc1C. The Balaban J connectivity index is 1.72. The number of methoxy groups -OCH3 is 1. The Morgan fingerprint density at radius 3 is 2.53 bits per heavy atom. The van der Waals surface area contributed by atoms with Crippen molar-refractivity contribution >= 4 is 23.2 Å². The Morgan fingerprint density at radius 2 is 1.88 bits per heavy atom. The number of carboxylic acid groups (broad SMARTS) is 1. The predicted octanol–water partition coefficient (Wildman–Crippen LogP) is 4.73. The van der Waals surface area contributed by atoms with Crippen LogP contribution in [0, 0.1) is 12.8 Å². The number of carboxylic acids is 1. The van der Waals surface area contributed by atoms with Gasteiger partial charge < -0.3 is 19.9 Å². The molecule has 2 N–H and O–H groups in total. The lowest BCUT2D eigenvalue weighted by atomic mass is 10.0. The Morgan fingerprint density at radius 1 is 1.15 bits per heavy atom. The van der Waals surface area contributed by atoms with E-state index < -0.39 is 12.1 Å². The van der Waals surface area contributed by atoms with E-state index in [9.17, 15) is 14.7 Å². The standard InChI is InChI=1S/C26H30N2O5S/c1-16(2)15-33-22(26(30)31)13-18-10-11-21(32-4)20(12-18)14-27-24(29)23-17(3)28-25(34-23)19-8-6-5-7-9-19/h5-12,16,22H,13-15H2,1-4H3,(H,27,29)(H,30,31). The summed E-state index contributed by atoms with van der Waals surface area (Å²) in [6.45, 7) is 6.37. The molecule has 3 aromatic rings. The molecule has 0 fully saturated rings. The van der Waals surface area contributed by atoms with Crippen molar-refractivity contribution < 1.29 is 24.2 Å². The molecule has 0 aliphatic rings. The molecule has 1 amide bonds. The van der Waals surface area contributed by atoms with E-state index in [-0.39, 0.29) is 24.8 Å². The second kappa shape index (κ2) is 11.8. The molecule has 2 aromatic carbocycles. The number of hydrogen-bond acceptors (Lipinski definition) is 6. The maximum Gasteiger partial charge on any atom is 0.333 e. The fourth-order valence-electron chi connectivity index (χ4n) is 3.40. The van der Waals surface area contributed by atoms with Crippen molar-refractivity contribution in [3.05, 3.63) is 70.2 Å². The van der Waals surface area contributed by atoms with Gasteiger partial charge in [0.05, 0.1) is 19.4 Å². The summed E-state index contributed by atoms with van der Waals surface area (Å²) in [4.78, 5) is 29.6. The van der Waals surface area contributed by atoms with Crippen LogP contribution in [0.4, 0.5) is 0 Å². The van der Waals surface area contributed by atoms with Gasteiger partial charge in [-0.3, -0.25) is 4.79 Å². The van der Waals surface area contributed by atoms with Crippen molar-refractivity contribution in [2.45, 2.75) is 39.8 Å². The maximum absolute atomic E-state index is 12.9. The minimum absolute atomic E-state index is 0.215. The van der Waals surface area contributed by atoms with Gasteiger partial charge in [-0.05, 0) is 24.5 Å². The van der Waals surface area contributed by atoms with Crippen LogP contribution in [-0.2, 0) is 22.5 Å². The number of carbonyl (C=O) groups is 2. The number of aliphatic carboxylic acids is 1. The van der Waals surface area contributed by atoms with Gasteiger partial charge in [0, 0.05) is 24.1 Å². The average molecular weight is 483 g/mol. The van der Waals surface area contributed by atoms with E-state index in [1.54, 1.807) is 13.2 Å². The van der Waals surface area contributed by atoms with Gasteiger partial charge in [0.25, 0.3) is 5.91 Å². The molecule has 0 saturated heterocycles. The van der Waals surface area contributed by atoms with Crippen molar-refractivity contribution in [1.29, 1.82) is 0 Å². The molecule has 1 atom stereocenters. The van der Waals surface area contributed by atoms with Crippen molar-refractivity contribution in [1.82, 2.24) is 10.3 Å². The molecule has 3 rings (SSSR count). The van der Waals surface area contributed by atoms with Gasteiger partial charge in [0.15, 0.2) is 6.10 Å². The number of thiazole rings is 1. The highest BCUT2D eigenvalue weighted by molar-refractivity contribution is 7.17. The highest BCUT2D eigenvalue weighted by atomic mass is 32.1. The molecule has 0 aliphatic carbocycles. The van der Waals surface area contributed by atoms with E-state index in [1.807, 2.05) is 63.2 Å². The molecule has 180 valence electrons. The zero-order chi connectivity index (χ0) is 24.7. The first kappa shape index (κ1) is 25.4. The highest BCUT2D eigenvalue weighted by Gasteiger charge is 2.21. The first-order chi connectivity index (χ1) is 16.3. The smallest absolute Gasteiger partial charge is 0.333 e. The van der Waals surface area contributed by atoms with Gasteiger partial charge in [-0.15, -0.1) is 11.3 Å². The molecule has 1 heterocycles. The van der Waals surface area contributed by atoms with E-state index in [4.69, 9.17) is 9.47 Å². The number of amides is 1. The normalized spacial score (nSPS) is 11.9. The van der Waals surface area contributed by atoms with Gasteiger partial charge >= 0.3 is 5.97 Å². The summed E-state index contributed by atoms with van der Waals surface area (Å²) in [6.07, 6.45) is -0.712. The van der Waals surface area contributed by atoms with E-state index in [0.29, 0.717) is 22.9 Å². The van der Waals surface area contributed by atoms with Crippen molar-refractivity contribution in [3.8, 4) is 16.3 Å². The minimum Gasteiger partial charge on any atom is -0.496 e. The molecule has 0 bridgehead atoms. The third-order valence-corrected chi connectivity index (χ3v) is 6.34. The summed E-state index contributed by atoms with van der Waals surface area (Å²) in [5.41, 5.74) is 3.19. The highest BCUT2D eigenvalue weighted by Crippen LogP contribution is 2.28. The van der Waals surface area contributed by atoms with Crippen molar-refractivity contribution in [2.24, 2.45) is 5.92 Å². The number of nitrogens with zero attached hydrogens (tertiary/aromatic N) is 1. The van der Waals surface area contributed by atoms with Crippen LogP contribution in [0.15, 0.2) is 48.5 Å². The summed E-state index contributed by atoms with van der Waals surface area (Å²) in [7, 11) is 1.56. The second-order valence-corrected chi connectivity index (χ2v) is 9.39. The number of hydrogen-bond donors (Lipinski definition) is 2. The number of carbonyl (C=O) groups excluding carboxylic acids is 1. The van der Waals surface area contributed by atoms with E-state index in [0.717, 1.165) is 21.7 Å². The zero-order valence-corrected chi connectivity index (χ0v) is 20.6. The summed E-state index contributed by atoms with van der Waals surface area (Å²) in [5.74, 6) is -0.361. The molecule has 1 aromatic heterocycles. The number of rotatable bonds is 11. The minimum atomic E-state index is -0.999. The van der Waals surface area contributed by atoms with Crippen LogP contribution >= 0.6 is 11.3 Å². The molecule has 0 saturated carbocycles. The summed E-state index contributed by atoms with van der Waals surface area (Å²) >= 11 is 1.35. The zero-order valence-electron chi connectivity index (χ0n) is 19.8. The molecule has 0 radical (unpaired) electrons. The lowest BCUT2D eigenvalue weighted by Gasteiger charge is -2.17. The van der Waals surface area contributed by atoms with E-state index >= 15 is 0 Å². The number of ether oxygens (including phenoxy) is 2. The Labute approximate surface area is 203 Å². The number of benzene rings is 2. The van der Waals surface area contributed by atoms with Crippen LogP contribution in [0.25, 0.3) is 10.6 Å². The number of aromatic nitrogens is 1. The maximum atomic E-state index is 12.9. The Kier molecular flexibility index (Phi) is 8.79. The summed E-state index contributed by atoms with van der Waals surface area (Å²) in [6, 6.07) is 15.2. The van der Waals surface area contributed by atoms with Crippen molar-refractivity contribution in [2.75, 3.05) is 13.7 Å². The first-order valence-electron chi connectivity index (χ1n) is 11.1. The molecular formula is C26H30N2O5S. The molecule has 34 heavy (non-hydrogen) atoms. The topological polar surface area (TPSA) is 97.8 Å². The monoisotopic (exact) mass is 482 g/mol. The molecular weight excluding hydrogens is 452 g/mol. The molecule has 0 spiro atoms.